The average molecular weight is 400 g/mol. The van der Waals surface area contributed by atoms with Gasteiger partial charge in [-0.05, 0) is 37.6 Å². The number of benzene rings is 1. The standard InChI is InChI=1S/C17H13ClF3N3OS/c1-7-11-13(22)14(26-16(11)23-8(2)12(7)18)15(25)24-10-5-3-4-9(6-10)17(19,20)21/h3-6H,22H2,1-2H3,(H,24,25). The molecular formula is C17H13ClF3N3OS. The molecular weight excluding hydrogens is 387 g/mol. The molecule has 3 N–H and O–H groups in total. The fourth-order valence-corrected chi connectivity index (χ4v) is 3.82. The van der Waals surface area contributed by atoms with Crippen LogP contribution in [0.5, 0.6) is 0 Å². The van der Waals surface area contributed by atoms with E-state index in [0.717, 1.165) is 23.5 Å². The van der Waals surface area contributed by atoms with Crippen molar-refractivity contribution in [3.8, 4) is 0 Å². The zero-order valence-electron chi connectivity index (χ0n) is 13.7. The Labute approximate surface area is 155 Å². The predicted molar refractivity (Wildman–Crippen MR) is 97.9 cm³/mol. The highest BCUT2D eigenvalue weighted by atomic mass is 35.5. The largest absolute Gasteiger partial charge is 0.416 e. The van der Waals surface area contributed by atoms with E-state index in [0.29, 0.717) is 26.5 Å². The molecule has 0 saturated heterocycles. The number of nitrogens with one attached hydrogen (secondary N) is 1. The third kappa shape index (κ3) is 3.22. The molecule has 0 atom stereocenters. The normalized spacial score (nSPS) is 11.8. The Balaban J connectivity index is 1.99. The quantitative estimate of drug-likeness (QED) is 0.604. The SMILES string of the molecule is Cc1nc2sc(C(=O)Nc3cccc(C(F)(F)F)c3)c(N)c2c(C)c1Cl. The predicted octanol–water partition coefficient (Wildman–Crippen LogP) is 5.42. The van der Waals surface area contributed by atoms with Crippen LogP contribution in [0.3, 0.4) is 0 Å². The van der Waals surface area contributed by atoms with Crippen LogP contribution in [-0.2, 0) is 6.18 Å². The van der Waals surface area contributed by atoms with Gasteiger partial charge in [-0.15, -0.1) is 11.3 Å². The Kier molecular flexibility index (Phi) is 4.58. The molecule has 136 valence electrons. The number of pyridine rings is 1. The average Bonchev–Trinajstić information content (AvgIpc) is 2.89. The number of aryl methyl sites for hydroxylation is 2. The number of aromatic nitrogens is 1. The van der Waals surface area contributed by atoms with Crippen molar-refractivity contribution in [1.82, 2.24) is 4.98 Å². The highest BCUT2D eigenvalue weighted by Crippen LogP contribution is 2.38. The molecule has 0 saturated carbocycles. The van der Waals surface area contributed by atoms with E-state index in [1.807, 2.05) is 0 Å². The molecule has 1 aromatic carbocycles. The molecule has 0 aliphatic rings. The topological polar surface area (TPSA) is 68.0 Å². The number of thiophene rings is 1. The zero-order valence-corrected chi connectivity index (χ0v) is 15.2. The summed E-state index contributed by atoms with van der Waals surface area (Å²) in [6.07, 6.45) is -4.49. The monoisotopic (exact) mass is 399 g/mol. The van der Waals surface area contributed by atoms with Crippen molar-refractivity contribution in [2.45, 2.75) is 20.0 Å². The summed E-state index contributed by atoms with van der Waals surface area (Å²) in [6.45, 7) is 3.52. The van der Waals surface area contributed by atoms with Gasteiger partial charge in [-0.2, -0.15) is 13.2 Å². The Morgan fingerprint density at radius 2 is 2.00 bits per heavy atom. The first-order chi connectivity index (χ1) is 12.1. The molecule has 0 bridgehead atoms. The molecule has 3 rings (SSSR count). The molecule has 9 heteroatoms. The van der Waals surface area contributed by atoms with E-state index in [2.05, 4.69) is 10.3 Å². The number of nitrogen functional groups attached to an aromatic ring is 1. The Bertz CT molecular complexity index is 1030. The lowest BCUT2D eigenvalue weighted by Gasteiger charge is -2.09. The van der Waals surface area contributed by atoms with Crippen LogP contribution in [0.2, 0.25) is 5.02 Å². The molecule has 0 radical (unpaired) electrons. The number of hydrogen-bond donors (Lipinski definition) is 2. The van der Waals surface area contributed by atoms with Crippen LogP contribution >= 0.6 is 22.9 Å². The fourth-order valence-electron chi connectivity index (χ4n) is 2.58. The molecule has 1 amide bonds. The lowest BCUT2D eigenvalue weighted by Crippen LogP contribution is -2.13. The first kappa shape index (κ1) is 18.5. The summed E-state index contributed by atoms with van der Waals surface area (Å²) in [5, 5.41) is 3.50. The number of carbonyl (C=O) groups excluding carboxylic acids is 1. The van der Waals surface area contributed by atoms with Crippen LogP contribution in [0.25, 0.3) is 10.2 Å². The van der Waals surface area contributed by atoms with E-state index < -0.39 is 17.6 Å². The molecule has 26 heavy (non-hydrogen) atoms. The van der Waals surface area contributed by atoms with Crippen LogP contribution in [0.1, 0.15) is 26.5 Å². The van der Waals surface area contributed by atoms with Crippen LogP contribution in [-0.4, -0.2) is 10.9 Å². The van der Waals surface area contributed by atoms with Crippen molar-refractivity contribution < 1.29 is 18.0 Å². The minimum atomic E-state index is -4.49. The Morgan fingerprint density at radius 3 is 2.65 bits per heavy atom. The highest BCUT2D eigenvalue weighted by molar-refractivity contribution is 7.21. The summed E-state index contributed by atoms with van der Waals surface area (Å²) in [6, 6.07) is 4.40. The molecule has 0 unspecified atom stereocenters. The van der Waals surface area contributed by atoms with Crippen LogP contribution in [0.4, 0.5) is 24.5 Å². The van der Waals surface area contributed by atoms with Gasteiger partial charge in [0.25, 0.3) is 5.91 Å². The van der Waals surface area contributed by atoms with E-state index in [1.165, 1.54) is 12.1 Å². The van der Waals surface area contributed by atoms with E-state index >= 15 is 0 Å². The van der Waals surface area contributed by atoms with Gasteiger partial charge in [-0.3, -0.25) is 4.79 Å². The number of rotatable bonds is 2. The number of halogens is 4. The summed E-state index contributed by atoms with van der Waals surface area (Å²) in [5.74, 6) is -0.599. The van der Waals surface area contributed by atoms with Crippen LogP contribution in [0, 0.1) is 13.8 Å². The summed E-state index contributed by atoms with van der Waals surface area (Å²) in [4.78, 5) is 17.6. The van der Waals surface area contributed by atoms with Gasteiger partial charge in [-0.1, -0.05) is 17.7 Å². The zero-order chi connectivity index (χ0) is 19.2. The van der Waals surface area contributed by atoms with E-state index in [-0.39, 0.29) is 16.3 Å². The third-order valence-corrected chi connectivity index (χ3v) is 5.53. The lowest BCUT2D eigenvalue weighted by atomic mass is 10.1. The van der Waals surface area contributed by atoms with Crippen molar-refractivity contribution >= 4 is 50.4 Å². The number of alkyl halides is 3. The van der Waals surface area contributed by atoms with Gasteiger partial charge >= 0.3 is 6.18 Å². The smallest absolute Gasteiger partial charge is 0.397 e. The Morgan fingerprint density at radius 1 is 1.31 bits per heavy atom. The van der Waals surface area contributed by atoms with Crippen LogP contribution in [0.15, 0.2) is 24.3 Å². The summed E-state index contributed by atoms with van der Waals surface area (Å²) >= 11 is 7.26. The number of fused-ring (bicyclic) bond motifs is 1. The lowest BCUT2D eigenvalue weighted by molar-refractivity contribution is -0.137. The first-order valence-corrected chi connectivity index (χ1v) is 8.62. The van der Waals surface area contributed by atoms with Gasteiger partial charge in [0.2, 0.25) is 0 Å². The first-order valence-electron chi connectivity index (χ1n) is 7.43. The number of anilines is 2. The molecule has 2 heterocycles. The third-order valence-electron chi connectivity index (χ3n) is 3.87. The van der Waals surface area contributed by atoms with E-state index in [1.54, 1.807) is 13.8 Å². The van der Waals surface area contributed by atoms with Crippen LogP contribution < -0.4 is 11.1 Å². The minimum absolute atomic E-state index is 0.0283. The van der Waals surface area contributed by atoms with Crippen molar-refractivity contribution in [2.24, 2.45) is 0 Å². The molecule has 3 aromatic rings. The number of nitrogens with zero attached hydrogens (tertiary/aromatic N) is 1. The maximum absolute atomic E-state index is 12.8. The minimum Gasteiger partial charge on any atom is -0.397 e. The molecule has 4 nitrogen and oxygen atoms in total. The van der Waals surface area contributed by atoms with E-state index in [4.69, 9.17) is 17.3 Å². The second-order valence-corrected chi connectivity index (χ2v) is 7.07. The van der Waals surface area contributed by atoms with Gasteiger partial charge < -0.3 is 11.1 Å². The van der Waals surface area contributed by atoms with Gasteiger partial charge in [0.15, 0.2) is 0 Å². The number of amides is 1. The van der Waals surface area contributed by atoms with Crippen molar-refractivity contribution in [1.29, 1.82) is 0 Å². The second-order valence-electron chi connectivity index (χ2n) is 5.69. The number of carbonyl (C=O) groups is 1. The number of hydrogen-bond acceptors (Lipinski definition) is 4. The second kappa shape index (κ2) is 6.44. The van der Waals surface area contributed by atoms with Crippen molar-refractivity contribution in [3.05, 3.63) is 51.0 Å². The molecule has 0 aliphatic carbocycles. The maximum Gasteiger partial charge on any atom is 0.416 e. The summed E-state index contributed by atoms with van der Waals surface area (Å²) in [5.41, 5.74) is 6.80. The van der Waals surface area contributed by atoms with Gasteiger partial charge in [0.1, 0.15) is 9.71 Å². The molecule has 2 aromatic heterocycles. The molecule has 0 spiro atoms. The summed E-state index contributed by atoms with van der Waals surface area (Å²) < 4.78 is 38.4. The maximum atomic E-state index is 12.8. The van der Waals surface area contributed by atoms with Crippen molar-refractivity contribution in [3.63, 3.8) is 0 Å². The number of nitrogens with two attached hydrogens (primary N) is 1. The summed E-state index contributed by atoms with van der Waals surface area (Å²) in [7, 11) is 0. The van der Waals surface area contributed by atoms with Gasteiger partial charge in [0, 0.05) is 11.1 Å². The van der Waals surface area contributed by atoms with Crippen molar-refractivity contribution in [2.75, 3.05) is 11.1 Å². The highest BCUT2D eigenvalue weighted by Gasteiger charge is 2.30. The van der Waals surface area contributed by atoms with E-state index in [9.17, 15) is 18.0 Å². The van der Waals surface area contributed by atoms with Gasteiger partial charge in [0.05, 0.1) is 22.0 Å². The Hall–Kier alpha value is -2.32. The molecule has 0 aliphatic heterocycles. The van der Waals surface area contributed by atoms with Gasteiger partial charge in [-0.25, -0.2) is 4.98 Å². The fraction of sp³-hybridized carbons (Fsp3) is 0.176. The molecule has 0 fully saturated rings.